The van der Waals surface area contributed by atoms with Gasteiger partial charge in [0.25, 0.3) is 0 Å². The number of alkyl carbamates (subject to hydrolysis) is 1. The lowest BCUT2D eigenvalue weighted by atomic mass is 10.1. The molecule has 49 heavy (non-hydrogen) atoms. The van der Waals surface area contributed by atoms with Crippen molar-refractivity contribution < 1.29 is 23.9 Å². The number of carbonyl (C=O) groups is 3. The quantitative estimate of drug-likeness (QED) is 0.129. The van der Waals surface area contributed by atoms with E-state index in [1.165, 1.54) is 11.2 Å². The summed E-state index contributed by atoms with van der Waals surface area (Å²) in [4.78, 5) is 51.7. The fourth-order valence-corrected chi connectivity index (χ4v) is 5.28. The van der Waals surface area contributed by atoms with Crippen LogP contribution in [-0.2, 0) is 40.5 Å². The summed E-state index contributed by atoms with van der Waals surface area (Å²) >= 11 is 0. The largest absolute Gasteiger partial charge is 0.489 e. The second-order valence-corrected chi connectivity index (χ2v) is 11.5. The van der Waals surface area contributed by atoms with Gasteiger partial charge < -0.3 is 29.6 Å². The molecule has 0 bridgehead atoms. The van der Waals surface area contributed by atoms with Crippen LogP contribution < -0.4 is 15.0 Å². The molecule has 1 aromatic heterocycles. The van der Waals surface area contributed by atoms with Crippen LogP contribution in [0.1, 0.15) is 35.7 Å². The Bertz CT molecular complexity index is 1730. The highest BCUT2D eigenvalue weighted by Crippen LogP contribution is 2.19. The smallest absolute Gasteiger partial charge is 0.408 e. The highest BCUT2D eigenvalue weighted by Gasteiger charge is 2.30. The maximum absolute atomic E-state index is 14.4. The van der Waals surface area contributed by atoms with Crippen LogP contribution >= 0.6 is 0 Å². The minimum absolute atomic E-state index is 0.0416. The first-order chi connectivity index (χ1) is 24.0. The standard InChI is InChI=1S/C39H41N5O5/c1-2-22-44(34-16-10-5-11-17-34)37(45)26-43(25-30-18-20-35(21-19-30)48-27-31-12-6-3-7-13-31)38(46)36(23-33-24-40-29-41-33)42-39(47)49-28-32-14-8-4-9-15-32/h3-21,24,29,36H,2,22-23,25-28H2,1H3,(H,40,41)(H,42,47). The molecule has 0 spiro atoms. The van der Waals surface area contributed by atoms with E-state index in [2.05, 4.69) is 15.3 Å². The summed E-state index contributed by atoms with van der Waals surface area (Å²) in [6.07, 6.45) is 3.25. The Morgan fingerprint density at radius 1 is 0.796 bits per heavy atom. The second kappa shape index (κ2) is 17.9. The second-order valence-electron chi connectivity index (χ2n) is 11.5. The van der Waals surface area contributed by atoms with Crippen LogP contribution in [-0.4, -0.2) is 51.9 Å². The molecule has 4 aromatic carbocycles. The lowest BCUT2D eigenvalue weighted by Gasteiger charge is -2.30. The number of para-hydroxylation sites is 1. The van der Waals surface area contributed by atoms with Crippen LogP contribution in [0.4, 0.5) is 10.5 Å². The molecule has 0 aliphatic carbocycles. The van der Waals surface area contributed by atoms with Gasteiger partial charge in [-0.1, -0.05) is 97.9 Å². The Morgan fingerprint density at radius 3 is 2.04 bits per heavy atom. The van der Waals surface area contributed by atoms with Crippen LogP contribution in [0, 0.1) is 0 Å². The van der Waals surface area contributed by atoms with Gasteiger partial charge in [0.15, 0.2) is 0 Å². The molecule has 1 heterocycles. The van der Waals surface area contributed by atoms with Gasteiger partial charge in [0, 0.05) is 31.4 Å². The summed E-state index contributed by atoms with van der Waals surface area (Å²) in [7, 11) is 0. The zero-order valence-corrected chi connectivity index (χ0v) is 27.5. The van der Waals surface area contributed by atoms with Crippen molar-refractivity contribution in [2.75, 3.05) is 18.0 Å². The van der Waals surface area contributed by atoms with Gasteiger partial charge in [-0.15, -0.1) is 0 Å². The number of nitrogens with zero attached hydrogens (tertiary/aromatic N) is 3. The highest BCUT2D eigenvalue weighted by atomic mass is 16.5. The van der Waals surface area contributed by atoms with Crippen molar-refractivity contribution in [3.8, 4) is 5.75 Å². The molecule has 0 saturated heterocycles. The summed E-state index contributed by atoms with van der Waals surface area (Å²) in [6, 6.07) is 34.9. The molecule has 10 nitrogen and oxygen atoms in total. The third kappa shape index (κ3) is 10.6. The lowest BCUT2D eigenvalue weighted by molar-refractivity contribution is -0.137. The number of benzene rings is 4. The van der Waals surface area contributed by atoms with Crippen LogP contribution in [0.2, 0.25) is 0 Å². The van der Waals surface area contributed by atoms with Gasteiger partial charge in [0.1, 0.15) is 31.5 Å². The summed E-state index contributed by atoms with van der Waals surface area (Å²) in [5, 5.41) is 2.74. The number of hydrogen-bond acceptors (Lipinski definition) is 6. The Hall–Kier alpha value is -5.90. The zero-order chi connectivity index (χ0) is 34.3. The molecular weight excluding hydrogens is 618 g/mol. The molecule has 3 amide bonds. The Kier molecular flexibility index (Phi) is 12.6. The molecule has 0 aliphatic rings. The first kappa shape index (κ1) is 34.4. The number of rotatable bonds is 16. The topological polar surface area (TPSA) is 117 Å². The van der Waals surface area contributed by atoms with Crippen LogP contribution in [0.15, 0.2) is 128 Å². The third-order valence-corrected chi connectivity index (χ3v) is 7.77. The lowest BCUT2D eigenvalue weighted by Crippen LogP contribution is -2.52. The maximum Gasteiger partial charge on any atom is 0.408 e. The van der Waals surface area contributed by atoms with Gasteiger partial charge in [-0.05, 0) is 47.4 Å². The number of amides is 3. The van der Waals surface area contributed by atoms with E-state index >= 15 is 0 Å². The van der Waals surface area contributed by atoms with Gasteiger partial charge >= 0.3 is 6.09 Å². The molecule has 5 aromatic rings. The van der Waals surface area contributed by atoms with Crippen molar-refractivity contribution in [3.05, 3.63) is 150 Å². The van der Waals surface area contributed by atoms with E-state index in [4.69, 9.17) is 9.47 Å². The summed E-state index contributed by atoms with van der Waals surface area (Å²) in [6.45, 7) is 2.86. The Balaban J connectivity index is 1.36. The number of ether oxygens (including phenoxy) is 2. The number of anilines is 1. The fraction of sp³-hybridized carbons (Fsp3) is 0.231. The molecule has 2 N–H and O–H groups in total. The van der Waals surface area contributed by atoms with E-state index in [1.807, 2.05) is 122 Å². The number of imidazole rings is 1. The van der Waals surface area contributed by atoms with E-state index < -0.39 is 18.0 Å². The normalized spacial score (nSPS) is 11.3. The molecule has 0 fully saturated rings. The summed E-state index contributed by atoms with van der Waals surface area (Å²) < 4.78 is 11.4. The van der Waals surface area contributed by atoms with E-state index in [-0.39, 0.29) is 32.0 Å². The number of hydrogen-bond donors (Lipinski definition) is 2. The summed E-state index contributed by atoms with van der Waals surface area (Å²) in [5.41, 5.74) is 3.98. The van der Waals surface area contributed by atoms with Gasteiger partial charge in [0.2, 0.25) is 11.8 Å². The molecule has 0 aliphatic heterocycles. The molecule has 252 valence electrons. The molecule has 5 rings (SSSR count). The average molecular weight is 660 g/mol. The Morgan fingerprint density at radius 2 is 1.43 bits per heavy atom. The molecule has 10 heteroatoms. The van der Waals surface area contributed by atoms with E-state index in [0.717, 1.165) is 28.8 Å². The van der Waals surface area contributed by atoms with Gasteiger partial charge in [-0.3, -0.25) is 9.59 Å². The predicted octanol–water partition coefficient (Wildman–Crippen LogP) is 6.30. The van der Waals surface area contributed by atoms with Crippen molar-refractivity contribution in [1.29, 1.82) is 0 Å². The number of aromatic amines is 1. The maximum atomic E-state index is 14.4. The first-order valence-corrected chi connectivity index (χ1v) is 16.3. The fourth-order valence-electron chi connectivity index (χ4n) is 5.28. The summed E-state index contributed by atoms with van der Waals surface area (Å²) in [5.74, 6) is -0.00435. The SMILES string of the molecule is CCCN(C(=O)CN(Cc1ccc(OCc2ccccc2)cc1)C(=O)C(Cc1c[nH]cn1)NC(=O)OCc1ccccc1)c1ccccc1. The van der Waals surface area contributed by atoms with E-state index in [1.54, 1.807) is 11.1 Å². The molecule has 0 radical (unpaired) electrons. The average Bonchev–Trinajstić information content (AvgIpc) is 3.66. The number of carbonyl (C=O) groups excluding carboxylic acids is 3. The number of aromatic nitrogens is 2. The monoisotopic (exact) mass is 659 g/mol. The van der Waals surface area contributed by atoms with Crippen LogP contribution in [0.3, 0.4) is 0 Å². The van der Waals surface area contributed by atoms with E-state index in [0.29, 0.717) is 24.6 Å². The van der Waals surface area contributed by atoms with Gasteiger partial charge in [-0.25, -0.2) is 9.78 Å². The zero-order valence-electron chi connectivity index (χ0n) is 27.5. The Labute approximate surface area is 286 Å². The molecule has 0 saturated carbocycles. The third-order valence-electron chi connectivity index (χ3n) is 7.77. The number of H-pyrrole nitrogens is 1. The van der Waals surface area contributed by atoms with E-state index in [9.17, 15) is 14.4 Å². The molecular formula is C39H41N5O5. The predicted molar refractivity (Wildman–Crippen MR) is 188 cm³/mol. The van der Waals surface area contributed by atoms with Gasteiger partial charge in [-0.2, -0.15) is 0 Å². The molecule has 1 atom stereocenters. The van der Waals surface area contributed by atoms with Crippen LogP contribution in [0.25, 0.3) is 0 Å². The van der Waals surface area contributed by atoms with Crippen molar-refractivity contribution >= 4 is 23.6 Å². The minimum atomic E-state index is -1.05. The van der Waals surface area contributed by atoms with Crippen molar-refractivity contribution in [3.63, 3.8) is 0 Å². The van der Waals surface area contributed by atoms with Crippen molar-refractivity contribution in [2.45, 2.75) is 45.6 Å². The number of nitrogens with one attached hydrogen (secondary N) is 2. The van der Waals surface area contributed by atoms with Crippen molar-refractivity contribution in [2.24, 2.45) is 0 Å². The van der Waals surface area contributed by atoms with Crippen molar-refractivity contribution in [1.82, 2.24) is 20.2 Å². The first-order valence-electron chi connectivity index (χ1n) is 16.3. The minimum Gasteiger partial charge on any atom is -0.489 e. The van der Waals surface area contributed by atoms with Crippen LogP contribution in [0.5, 0.6) is 5.75 Å². The highest BCUT2D eigenvalue weighted by molar-refractivity contribution is 5.97. The van der Waals surface area contributed by atoms with Gasteiger partial charge in [0.05, 0.1) is 12.0 Å². The molecule has 1 unspecified atom stereocenters.